The molecule has 1 aromatic heterocycles. The van der Waals surface area contributed by atoms with Crippen LogP contribution in [0.4, 0.5) is 0 Å². The number of carboxylic acid groups (broad SMARTS) is 1. The van der Waals surface area contributed by atoms with Gasteiger partial charge < -0.3 is 5.11 Å². The summed E-state index contributed by atoms with van der Waals surface area (Å²) in [6.45, 7) is 0. The zero-order valence-electron chi connectivity index (χ0n) is 5.91. The van der Waals surface area contributed by atoms with Gasteiger partial charge in [0.25, 0.3) is 0 Å². The lowest BCUT2D eigenvalue weighted by Crippen LogP contribution is -1.99. The van der Waals surface area contributed by atoms with Gasteiger partial charge in [-0.2, -0.15) is 5.10 Å². The Hall–Kier alpha value is -1.03. The fourth-order valence-corrected chi connectivity index (χ4v) is 1.03. The molecule has 1 N–H and O–H groups in total. The van der Waals surface area contributed by atoms with Crippen molar-refractivity contribution in [2.75, 3.05) is 0 Å². The van der Waals surface area contributed by atoms with Gasteiger partial charge in [-0.25, -0.2) is 0 Å². The van der Waals surface area contributed by atoms with Crippen LogP contribution < -0.4 is 0 Å². The summed E-state index contributed by atoms with van der Waals surface area (Å²) in [5.74, 6) is -0.903. The molecule has 0 saturated carbocycles. The van der Waals surface area contributed by atoms with Crippen LogP contribution in [0.3, 0.4) is 0 Å². The summed E-state index contributed by atoms with van der Waals surface area (Å²) in [6, 6.07) is 0. The third-order valence-electron chi connectivity index (χ3n) is 1.19. The average Bonchev–Trinajstić information content (AvgIpc) is 2.09. The molecule has 0 spiro atoms. The minimum atomic E-state index is -0.903. The molecule has 0 aliphatic heterocycles. The number of carboxylic acids is 1. The topological polar surface area (TPSA) is 55.1 Å². The number of aryl methyl sites for hydroxylation is 1. The first kappa shape index (κ1) is 8.07. The highest BCUT2D eigenvalue weighted by Crippen LogP contribution is 2.12. The number of aromatic nitrogens is 2. The number of rotatable bonds is 2. The second kappa shape index (κ2) is 2.92. The van der Waals surface area contributed by atoms with Crippen LogP contribution in [0.5, 0.6) is 0 Å². The maximum Gasteiger partial charge on any atom is 0.307 e. The van der Waals surface area contributed by atoms with Crippen molar-refractivity contribution in [3.05, 3.63) is 16.9 Å². The van der Waals surface area contributed by atoms with E-state index in [0.717, 1.165) is 0 Å². The minimum absolute atomic E-state index is 0.0767. The van der Waals surface area contributed by atoms with Crippen LogP contribution in [-0.2, 0) is 18.3 Å². The number of halogens is 1. The van der Waals surface area contributed by atoms with Gasteiger partial charge in [0, 0.05) is 18.8 Å². The highest BCUT2D eigenvalue weighted by atomic mass is 35.5. The Morgan fingerprint density at radius 2 is 2.55 bits per heavy atom. The fourth-order valence-electron chi connectivity index (χ4n) is 0.792. The van der Waals surface area contributed by atoms with Gasteiger partial charge in [-0.1, -0.05) is 11.6 Å². The fraction of sp³-hybridized carbons (Fsp3) is 0.333. The van der Waals surface area contributed by atoms with Gasteiger partial charge in [0.05, 0.1) is 6.42 Å². The van der Waals surface area contributed by atoms with Gasteiger partial charge in [0.2, 0.25) is 0 Å². The maximum absolute atomic E-state index is 10.2. The lowest BCUT2D eigenvalue weighted by atomic mass is 10.3. The maximum atomic E-state index is 10.2. The van der Waals surface area contributed by atoms with Gasteiger partial charge in [-0.15, -0.1) is 0 Å². The zero-order valence-corrected chi connectivity index (χ0v) is 6.67. The van der Waals surface area contributed by atoms with Crippen LogP contribution in [0.2, 0.25) is 5.15 Å². The highest BCUT2D eigenvalue weighted by molar-refractivity contribution is 6.30. The summed E-state index contributed by atoms with van der Waals surface area (Å²) in [5, 5.41) is 12.4. The van der Waals surface area contributed by atoms with Crippen molar-refractivity contribution in [2.24, 2.45) is 7.05 Å². The summed E-state index contributed by atoms with van der Waals surface area (Å²) >= 11 is 5.59. The van der Waals surface area contributed by atoms with E-state index in [-0.39, 0.29) is 11.6 Å². The Morgan fingerprint density at radius 1 is 1.91 bits per heavy atom. The van der Waals surface area contributed by atoms with E-state index in [4.69, 9.17) is 16.7 Å². The Kier molecular flexibility index (Phi) is 2.14. The Morgan fingerprint density at radius 3 is 2.91 bits per heavy atom. The van der Waals surface area contributed by atoms with E-state index < -0.39 is 5.97 Å². The third kappa shape index (κ3) is 1.94. The second-order valence-electron chi connectivity index (χ2n) is 2.19. The Bertz CT molecular complexity index is 282. The van der Waals surface area contributed by atoms with Crippen LogP contribution in [0.15, 0.2) is 6.20 Å². The first-order valence-corrected chi connectivity index (χ1v) is 3.37. The molecule has 5 heteroatoms. The monoisotopic (exact) mass is 174 g/mol. The van der Waals surface area contributed by atoms with E-state index in [2.05, 4.69) is 5.10 Å². The molecule has 0 aliphatic carbocycles. The van der Waals surface area contributed by atoms with Gasteiger partial charge >= 0.3 is 5.97 Å². The van der Waals surface area contributed by atoms with Crippen molar-refractivity contribution >= 4 is 17.6 Å². The molecule has 0 radical (unpaired) electrons. The van der Waals surface area contributed by atoms with Crippen LogP contribution in [0.1, 0.15) is 5.56 Å². The van der Waals surface area contributed by atoms with Crippen LogP contribution in [-0.4, -0.2) is 20.9 Å². The standard InChI is InChI=1S/C6H7ClN2O2/c1-9-3-4(2-5(10)11)6(7)8-9/h3H,2H2,1H3,(H,10,11). The van der Waals surface area contributed by atoms with Crippen molar-refractivity contribution in [3.8, 4) is 0 Å². The molecule has 0 unspecified atom stereocenters. The Balaban J connectivity index is 2.85. The normalized spacial score (nSPS) is 10.0. The van der Waals surface area contributed by atoms with Crippen molar-refractivity contribution in [1.29, 1.82) is 0 Å². The number of nitrogens with zero attached hydrogens (tertiary/aromatic N) is 2. The number of hydrogen-bond donors (Lipinski definition) is 1. The first-order chi connectivity index (χ1) is 5.09. The molecule has 0 aromatic carbocycles. The number of aliphatic carboxylic acids is 1. The summed E-state index contributed by atoms with van der Waals surface area (Å²) in [6.07, 6.45) is 1.52. The van der Waals surface area contributed by atoms with Crippen LogP contribution in [0, 0.1) is 0 Å². The van der Waals surface area contributed by atoms with E-state index in [1.807, 2.05) is 0 Å². The van der Waals surface area contributed by atoms with Gasteiger partial charge in [0.1, 0.15) is 0 Å². The summed E-state index contributed by atoms with van der Waals surface area (Å²) < 4.78 is 1.49. The number of carbonyl (C=O) groups is 1. The summed E-state index contributed by atoms with van der Waals surface area (Å²) in [4.78, 5) is 10.2. The molecule has 0 saturated heterocycles. The first-order valence-electron chi connectivity index (χ1n) is 2.99. The molecular formula is C6H7ClN2O2. The molecular weight excluding hydrogens is 168 g/mol. The lowest BCUT2D eigenvalue weighted by Gasteiger charge is -1.88. The highest BCUT2D eigenvalue weighted by Gasteiger charge is 2.07. The van der Waals surface area contributed by atoms with Crippen molar-refractivity contribution in [1.82, 2.24) is 9.78 Å². The van der Waals surface area contributed by atoms with Crippen molar-refractivity contribution < 1.29 is 9.90 Å². The van der Waals surface area contributed by atoms with Gasteiger partial charge in [-0.05, 0) is 0 Å². The molecule has 0 amide bonds. The zero-order chi connectivity index (χ0) is 8.43. The molecule has 1 heterocycles. The number of hydrogen-bond acceptors (Lipinski definition) is 2. The van der Waals surface area contributed by atoms with E-state index >= 15 is 0 Å². The smallest absolute Gasteiger partial charge is 0.307 e. The van der Waals surface area contributed by atoms with E-state index in [9.17, 15) is 4.79 Å². The predicted octanol–water partition coefficient (Wildman–Crippen LogP) is 0.701. The minimum Gasteiger partial charge on any atom is -0.481 e. The van der Waals surface area contributed by atoms with Crippen LogP contribution in [0.25, 0.3) is 0 Å². The largest absolute Gasteiger partial charge is 0.481 e. The quantitative estimate of drug-likeness (QED) is 0.718. The molecule has 0 bridgehead atoms. The predicted molar refractivity (Wildman–Crippen MR) is 39.6 cm³/mol. The molecule has 0 fully saturated rings. The molecule has 0 atom stereocenters. The van der Waals surface area contributed by atoms with E-state index in [1.54, 1.807) is 13.2 Å². The molecule has 11 heavy (non-hydrogen) atoms. The summed E-state index contributed by atoms with van der Waals surface area (Å²) in [5.41, 5.74) is 0.543. The van der Waals surface area contributed by atoms with Gasteiger partial charge in [0.15, 0.2) is 5.15 Å². The summed E-state index contributed by atoms with van der Waals surface area (Å²) in [7, 11) is 1.69. The van der Waals surface area contributed by atoms with Crippen molar-refractivity contribution in [3.63, 3.8) is 0 Å². The molecule has 60 valence electrons. The SMILES string of the molecule is Cn1cc(CC(=O)O)c(Cl)n1. The average molecular weight is 175 g/mol. The van der Waals surface area contributed by atoms with E-state index in [1.165, 1.54) is 4.68 Å². The van der Waals surface area contributed by atoms with Gasteiger partial charge in [-0.3, -0.25) is 9.48 Å². The lowest BCUT2D eigenvalue weighted by molar-refractivity contribution is -0.136. The Labute approximate surface area is 68.4 Å². The second-order valence-corrected chi connectivity index (χ2v) is 2.55. The third-order valence-corrected chi connectivity index (χ3v) is 1.51. The van der Waals surface area contributed by atoms with Crippen molar-refractivity contribution in [2.45, 2.75) is 6.42 Å². The molecule has 4 nitrogen and oxygen atoms in total. The molecule has 1 rings (SSSR count). The van der Waals surface area contributed by atoms with Crippen LogP contribution >= 0.6 is 11.6 Å². The van der Waals surface area contributed by atoms with E-state index in [0.29, 0.717) is 5.56 Å². The molecule has 0 aliphatic rings. The molecule has 1 aromatic rings.